The van der Waals surface area contributed by atoms with E-state index in [1.807, 2.05) is 13.8 Å². The molecule has 0 aliphatic rings. The Morgan fingerprint density at radius 1 is 1.65 bits per heavy atom. The maximum absolute atomic E-state index is 12.2. The quantitative estimate of drug-likeness (QED) is 0.839. The number of ether oxygens (including phenoxy) is 1. The van der Waals surface area contributed by atoms with Crippen LogP contribution in [0, 0.1) is 0 Å². The third kappa shape index (κ3) is 3.17. The molecule has 0 saturated carbocycles. The Labute approximate surface area is 101 Å². The molecule has 1 atom stereocenters. The second-order valence-corrected chi connectivity index (χ2v) is 3.79. The van der Waals surface area contributed by atoms with E-state index in [4.69, 9.17) is 4.74 Å². The van der Waals surface area contributed by atoms with E-state index < -0.39 is 0 Å². The Morgan fingerprint density at radius 3 is 2.88 bits per heavy atom. The number of likely N-dealkylation sites (N-methyl/N-ethyl adjacent to an activating group) is 1. The number of hydrogen-bond donors (Lipinski definition) is 1. The van der Waals surface area contributed by atoms with Crippen molar-refractivity contribution in [3.63, 3.8) is 0 Å². The van der Waals surface area contributed by atoms with Crippen LogP contribution in [-0.4, -0.2) is 47.2 Å². The van der Waals surface area contributed by atoms with Crippen LogP contribution in [0.1, 0.15) is 24.2 Å². The van der Waals surface area contributed by atoms with Crippen molar-refractivity contribution in [2.45, 2.75) is 19.9 Å². The summed E-state index contributed by atoms with van der Waals surface area (Å²) >= 11 is 0. The Morgan fingerprint density at radius 2 is 2.35 bits per heavy atom. The topological polar surface area (TPSA) is 62.7 Å². The molecule has 0 bridgehead atoms. The van der Waals surface area contributed by atoms with Crippen LogP contribution in [0.3, 0.4) is 0 Å². The summed E-state index contributed by atoms with van der Waals surface area (Å²) in [7, 11) is 1.60. The molecular formula is C12H18N2O3. The van der Waals surface area contributed by atoms with Crippen molar-refractivity contribution < 1.29 is 14.6 Å². The molecule has 0 aromatic carbocycles. The maximum Gasteiger partial charge on any atom is 0.258 e. The van der Waals surface area contributed by atoms with Gasteiger partial charge in [-0.25, -0.2) is 0 Å². The summed E-state index contributed by atoms with van der Waals surface area (Å²) in [6.45, 7) is 4.82. The van der Waals surface area contributed by atoms with Crippen molar-refractivity contribution in [2.24, 2.45) is 0 Å². The Kier molecular flexibility index (Phi) is 4.90. The molecule has 1 rings (SSSR count). The van der Waals surface area contributed by atoms with Gasteiger partial charge < -0.3 is 14.7 Å². The van der Waals surface area contributed by atoms with Crippen molar-refractivity contribution in [1.29, 1.82) is 0 Å². The van der Waals surface area contributed by atoms with Gasteiger partial charge in [0.05, 0.1) is 24.4 Å². The fourth-order valence-electron chi connectivity index (χ4n) is 1.71. The number of rotatable bonds is 5. The molecule has 5 heteroatoms. The third-order valence-electron chi connectivity index (χ3n) is 2.57. The van der Waals surface area contributed by atoms with Gasteiger partial charge in [0.1, 0.15) is 5.75 Å². The largest absolute Gasteiger partial charge is 0.505 e. The summed E-state index contributed by atoms with van der Waals surface area (Å²) in [5, 5.41) is 9.60. The monoisotopic (exact) mass is 238 g/mol. The van der Waals surface area contributed by atoms with Crippen LogP contribution in [0.2, 0.25) is 0 Å². The van der Waals surface area contributed by atoms with Crippen molar-refractivity contribution >= 4 is 5.91 Å². The molecule has 5 nitrogen and oxygen atoms in total. The molecule has 1 unspecified atom stereocenters. The molecule has 0 fully saturated rings. The van der Waals surface area contributed by atoms with Gasteiger partial charge in [0.15, 0.2) is 0 Å². The first-order chi connectivity index (χ1) is 8.11. The molecule has 0 aliphatic heterocycles. The molecule has 1 aromatic heterocycles. The second kappa shape index (κ2) is 6.20. The fourth-order valence-corrected chi connectivity index (χ4v) is 1.71. The Balaban J connectivity index is 2.90. The van der Waals surface area contributed by atoms with Gasteiger partial charge in [0, 0.05) is 19.9 Å². The van der Waals surface area contributed by atoms with E-state index >= 15 is 0 Å². The molecule has 1 amide bonds. The van der Waals surface area contributed by atoms with Crippen LogP contribution in [-0.2, 0) is 4.74 Å². The fraction of sp³-hybridized carbons (Fsp3) is 0.500. The van der Waals surface area contributed by atoms with Crippen LogP contribution < -0.4 is 0 Å². The van der Waals surface area contributed by atoms with E-state index in [-0.39, 0.29) is 23.3 Å². The normalized spacial score (nSPS) is 12.2. The molecule has 0 radical (unpaired) electrons. The molecule has 0 aliphatic carbocycles. The number of aromatic nitrogens is 1. The number of nitrogens with zero attached hydrogens (tertiary/aromatic N) is 2. The highest BCUT2D eigenvalue weighted by molar-refractivity contribution is 5.96. The summed E-state index contributed by atoms with van der Waals surface area (Å²) in [5.74, 6) is -0.308. The number of methoxy groups -OCH3 is 1. The predicted octanol–water partition coefficient (Wildman–Crippen LogP) is 1.28. The van der Waals surface area contributed by atoms with Gasteiger partial charge in [0.2, 0.25) is 0 Å². The Bertz CT molecular complexity index is 382. The zero-order valence-corrected chi connectivity index (χ0v) is 10.4. The van der Waals surface area contributed by atoms with Crippen LogP contribution in [0.25, 0.3) is 0 Å². The maximum atomic E-state index is 12.2. The van der Waals surface area contributed by atoms with Gasteiger partial charge in [-0.05, 0) is 19.9 Å². The van der Waals surface area contributed by atoms with Gasteiger partial charge in [-0.1, -0.05) is 0 Å². The van der Waals surface area contributed by atoms with Crippen molar-refractivity contribution in [3.05, 3.63) is 24.0 Å². The first kappa shape index (κ1) is 13.4. The van der Waals surface area contributed by atoms with Gasteiger partial charge in [-0.15, -0.1) is 0 Å². The van der Waals surface area contributed by atoms with Crippen molar-refractivity contribution in [1.82, 2.24) is 9.88 Å². The van der Waals surface area contributed by atoms with Gasteiger partial charge in [0.25, 0.3) is 5.91 Å². The first-order valence-corrected chi connectivity index (χ1v) is 5.54. The number of carbonyl (C=O) groups is 1. The highest BCUT2D eigenvalue weighted by Gasteiger charge is 2.22. The molecule has 1 N–H and O–H groups in total. The molecule has 0 saturated heterocycles. The first-order valence-electron chi connectivity index (χ1n) is 5.54. The zero-order chi connectivity index (χ0) is 12.8. The molecule has 1 heterocycles. The number of carbonyl (C=O) groups excluding carboxylic acids is 1. The van der Waals surface area contributed by atoms with E-state index in [0.29, 0.717) is 13.2 Å². The minimum absolute atomic E-state index is 0.0370. The van der Waals surface area contributed by atoms with Crippen LogP contribution in [0.5, 0.6) is 5.75 Å². The number of hydrogen-bond acceptors (Lipinski definition) is 4. The Hall–Kier alpha value is -1.62. The lowest BCUT2D eigenvalue weighted by molar-refractivity contribution is 0.0576. The summed E-state index contributed by atoms with van der Waals surface area (Å²) in [4.78, 5) is 17.6. The van der Waals surface area contributed by atoms with E-state index in [9.17, 15) is 9.90 Å². The van der Waals surface area contributed by atoms with Crippen molar-refractivity contribution in [2.75, 3.05) is 20.3 Å². The van der Waals surface area contributed by atoms with Crippen LogP contribution in [0.4, 0.5) is 0 Å². The number of aromatic hydroxyl groups is 1. The van der Waals surface area contributed by atoms with E-state index in [1.165, 1.54) is 18.5 Å². The van der Waals surface area contributed by atoms with Gasteiger partial charge in [-0.2, -0.15) is 0 Å². The average Bonchev–Trinajstić information content (AvgIpc) is 2.30. The summed E-state index contributed by atoms with van der Waals surface area (Å²) in [6.07, 6.45) is 2.75. The van der Waals surface area contributed by atoms with Crippen LogP contribution >= 0.6 is 0 Å². The number of amides is 1. The lowest BCUT2D eigenvalue weighted by atomic mass is 10.2. The lowest BCUT2D eigenvalue weighted by Gasteiger charge is -2.27. The lowest BCUT2D eigenvalue weighted by Crippen LogP contribution is -2.40. The van der Waals surface area contributed by atoms with E-state index in [2.05, 4.69) is 4.98 Å². The molecular weight excluding hydrogens is 220 g/mol. The zero-order valence-electron chi connectivity index (χ0n) is 10.4. The van der Waals surface area contributed by atoms with Gasteiger partial charge >= 0.3 is 0 Å². The highest BCUT2D eigenvalue weighted by atomic mass is 16.5. The highest BCUT2D eigenvalue weighted by Crippen LogP contribution is 2.17. The minimum atomic E-state index is -0.211. The molecule has 0 spiro atoms. The SMILES string of the molecule is CCN(C(=O)c1ccncc1O)C(C)COC. The molecule has 1 aromatic rings. The third-order valence-corrected chi connectivity index (χ3v) is 2.57. The van der Waals surface area contributed by atoms with E-state index in [1.54, 1.807) is 12.0 Å². The summed E-state index contributed by atoms with van der Waals surface area (Å²) < 4.78 is 5.03. The average molecular weight is 238 g/mol. The second-order valence-electron chi connectivity index (χ2n) is 3.79. The summed E-state index contributed by atoms with van der Waals surface area (Å²) in [6, 6.07) is 1.48. The van der Waals surface area contributed by atoms with E-state index in [0.717, 1.165) is 0 Å². The summed E-state index contributed by atoms with van der Waals surface area (Å²) in [5.41, 5.74) is 0.268. The molecule has 17 heavy (non-hydrogen) atoms. The number of pyridine rings is 1. The minimum Gasteiger partial charge on any atom is -0.505 e. The smallest absolute Gasteiger partial charge is 0.258 e. The van der Waals surface area contributed by atoms with Crippen molar-refractivity contribution in [3.8, 4) is 5.75 Å². The predicted molar refractivity (Wildman–Crippen MR) is 64.0 cm³/mol. The van der Waals surface area contributed by atoms with Crippen LogP contribution in [0.15, 0.2) is 18.5 Å². The standard InChI is InChI=1S/C12H18N2O3/c1-4-14(9(2)8-17-3)12(16)10-5-6-13-7-11(10)15/h5-7,9,15H,4,8H2,1-3H3. The molecule has 94 valence electrons. The van der Waals surface area contributed by atoms with Gasteiger partial charge in [-0.3, -0.25) is 9.78 Å².